The Morgan fingerprint density at radius 1 is 1.22 bits per heavy atom. The van der Waals surface area contributed by atoms with E-state index in [-0.39, 0.29) is 18.1 Å². The Labute approximate surface area is 157 Å². The maximum atomic E-state index is 13.7. The zero-order valence-electron chi connectivity index (χ0n) is 15.5. The molecule has 0 saturated carbocycles. The van der Waals surface area contributed by atoms with Crippen LogP contribution < -0.4 is 10.1 Å². The smallest absolute Gasteiger partial charge is 0.226 e. The molecule has 27 heavy (non-hydrogen) atoms. The molecule has 0 bridgehead atoms. The van der Waals surface area contributed by atoms with Crippen LogP contribution in [0.15, 0.2) is 46.9 Å². The second-order valence-corrected chi connectivity index (χ2v) is 6.26. The number of hydrogen-bond acceptors (Lipinski definition) is 4. The second-order valence-electron chi connectivity index (χ2n) is 6.26. The van der Waals surface area contributed by atoms with Crippen molar-refractivity contribution in [1.29, 1.82) is 0 Å². The first-order chi connectivity index (χ1) is 13.0. The summed E-state index contributed by atoms with van der Waals surface area (Å²) >= 11 is 0. The minimum atomic E-state index is -0.431. The molecule has 0 aliphatic heterocycles. The number of nitrogens with one attached hydrogen (secondary N) is 1. The van der Waals surface area contributed by atoms with E-state index in [0.717, 1.165) is 22.6 Å². The third-order valence-corrected chi connectivity index (χ3v) is 4.28. The Balaban J connectivity index is 1.62. The Morgan fingerprint density at radius 3 is 2.70 bits per heavy atom. The molecule has 0 saturated heterocycles. The van der Waals surface area contributed by atoms with Gasteiger partial charge in [0.05, 0.1) is 12.8 Å². The number of ether oxygens (including phenoxy) is 1. The summed E-state index contributed by atoms with van der Waals surface area (Å²) in [5.74, 6) is 0.904. The summed E-state index contributed by atoms with van der Waals surface area (Å²) in [5, 5.41) is 2.85. The van der Waals surface area contributed by atoms with Crippen LogP contribution in [-0.2, 0) is 11.2 Å². The van der Waals surface area contributed by atoms with E-state index in [1.165, 1.54) is 13.2 Å². The molecule has 1 aromatic heterocycles. The van der Waals surface area contributed by atoms with Crippen LogP contribution in [-0.4, -0.2) is 18.0 Å². The lowest BCUT2D eigenvalue weighted by atomic mass is 10.1. The lowest BCUT2D eigenvalue weighted by molar-refractivity contribution is -0.116. The first-order valence-electron chi connectivity index (χ1n) is 8.63. The van der Waals surface area contributed by atoms with Gasteiger partial charge in [-0.2, -0.15) is 0 Å². The Morgan fingerprint density at radius 2 is 2.04 bits per heavy atom. The number of carbonyl (C=O) groups is 1. The first kappa shape index (κ1) is 18.6. The predicted octanol–water partition coefficient (Wildman–Crippen LogP) is 4.68. The highest BCUT2D eigenvalue weighted by atomic mass is 19.1. The van der Waals surface area contributed by atoms with Crippen LogP contribution in [0.2, 0.25) is 0 Å². The molecule has 140 valence electrons. The Bertz CT molecular complexity index is 946. The predicted molar refractivity (Wildman–Crippen MR) is 101 cm³/mol. The molecule has 1 N–H and O–H groups in total. The lowest BCUT2D eigenvalue weighted by Gasteiger charge is -2.07. The van der Waals surface area contributed by atoms with Crippen LogP contribution in [0.3, 0.4) is 0 Å². The topological polar surface area (TPSA) is 64.4 Å². The van der Waals surface area contributed by atoms with Gasteiger partial charge in [0.2, 0.25) is 11.8 Å². The molecule has 3 aromatic rings. The summed E-state index contributed by atoms with van der Waals surface area (Å²) in [4.78, 5) is 16.6. The molecule has 0 unspecified atom stereocenters. The van der Waals surface area contributed by atoms with Crippen LogP contribution in [0.5, 0.6) is 5.75 Å². The van der Waals surface area contributed by atoms with E-state index in [9.17, 15) is 9.18 Å². The highest BCUT2D eigenvalue weighted by Crippen LogP contribution is 2.24. The number of aromatic nitrogens is 1. The zero-order chi connectivity index (χ0) is 19.4. The van der Waals surface area contributed by atoms with Crippen LogP contribution in [0.25, 0.3) is 11.5 Å². The fraction of sp³-hybridized carbons (Fsp3) is 0.238. The molecule has 1 heterocycles. The quantitative estimate of drug-likeness (QED) is 0.686. The van der Waals surface area contributed by atoms with Gasteiger partial charge in [0, 0.05) is 17.7 Å². The summed E-state index contributed by atoms with van der Waals surface area (Å²) in [5.41, 5.74) is 3.03. The van der Waals surface area contributed by atoms with Gasteiger partial charge in [-0.3, -0.25) is 4.79 Å². The van der Waals surface area contributed by atoms with E-state index in [0.29, 0.717) is 18.0 Å². The maximum Gasteiger partial charge on any atom is 0.226 e. The molecule has 0 fully saturated rings. The molecule has 0 aliphatic rings. The third kappa shape index (κ3) is 4.53. The average Bonchev–Trinajstić information content (AvgIpc) is 2.99. The van der Waals surface area contributed by atoms with E-state index < -0.39 is 5.82 Å². The van der Waals surface area contributed by atoms with Gasteiger partial charge in [-0.1, -0.05) is 12.1 Å². The summed E-state index contributed by atoms with van der Waals surface area (Å²) < 4.78 is 24.2. The Kier molecular flexibility index (Phi) is 5.54. The van der Waals surface area contributed by atoms with Crippen molar-refractivity contribution in [3.63, 3.8) is 0 Å². The molecule has 0 radical (unpaired) electrons. The van der Waals surface area contributed by atoms with Gasteiger partial charge >= 0.3 is 0 Å². The number of anilines is 1. The number of rotatable bonds is 6. The second kappa shape index (κ2) is 8.03. The van der Waals surface area contributed by atoms with Gasteiger partial charge in [0.25, 0.3) is 0 Å². The van der Waals surface area contributed by atoms with Gasteiger partial charge < -0.3 is 14.5 Å². The molecule has 3 rings (SSSR count). The van der Waals surface area contributed by atoms with Gasteiger partial charge in [-0.25, -0.2) is 9.37 Å². The van der Waals surface area contributed by atoms with Crippen LogP contribution in [0.1, 0.15) is 23.4 Å². The van der Waals surface area contributed by atoms with E-state index in [1.54, 1.807) is 18.2 Å². The van der Waals surface area contributed by atoms with Gasteiger partial charge in [0.1, 0.15) is 5.76 Å². The molecule has 6 heteroatoms. The minimum Gasteiger partial charge on any atom is -0.494 e. The standard InChI is InChI=1S/C21H21FN2O3/c1-13-14(2)27-21(23-13)16-5-4-6-17(12-16)24-20(25)10-8-15-7-9-19(26-3)18(22)11-15/h4-7,9,11-12H,8,10H2,1-3H3,(H,24,25). The van der Waals surface area contributed by atoms with Crippen molar-refractivity contribution in [3.05, 3.63) is 65.3 Å². The Hall–Kier alpha value is -3.15. The highest BCUT2D eigenvalue weighted by Gasteiger charge is 2.10. The van der Waals surface area contributed by atoms with Crippen molar-refractivity contribution in [1.82, 2.24) is 4.98 Å². The molecule has 0 spiro atoms. The minimum absolute atomic E-state index is 0.150. The molecule has 2 aromatic carbocycles. The number of methoxy groups -OCH3 is 1. The van der Waals surface area contributed by atoms with Crippen LogP contribution >= 0.6 is 0 Å². The van der Waals surface area contributed by atoms with E-state index in [1.807, 2.05) is 32.0 Å². The number of oxazole rings is 1. The summed E-state index contributed by atoms with van der Waals surface area (Å²) in [6.07, 6.45) is 0.678. The zero-order valence-corrected chi connectivity index (χ0v) is 15.5. The van der Waals surface area contributed by atoms with Crippen molar-refractivity contribution in [2.45, 2.75) is 26.7 Å². The SMILES string of the molecule is COc1ccc(CCC(=O)Nc2cccc(-c3nc(C)c(C)o3)c2)cc1F. The summed E-state index contributed by atoms with van der Waals surface area (Å²) in [6.45, 7) is 3.75. The van der Waals surface area contributed by atoms with Crippen LogP contribution in [0, 0.1) is 19.7 Å². The van der Waals surface area contributed by atoms with Gasteiger partial charge in [-0.15, -0.1) is 0 Å². The van der Waals surface area contributed by atoms with Crippen molar-refractivity contribution in [2.75, 3.05) is 12.4 Å². The molecule has 5 nitrogen and oxygen atoms in total. The van der Waals surface area contributed by atoms with Gasteiger partial charge in [-0.05, 0) is 56.2 Å². The summed E-state index contributed by atoms with van der Waals surface area (Å²) in [6, 6.07) is 12.0. The summed E-state index contributed by atoms with van der Waals surface area (Å²) in [7, 11) is 1.42. The largest absolute Gasteiger partial charge is 0.494 e. The van der Waals surface area contributed by atoms with Crippen molar-refractivity contribution >= 4 is 11.6 Å². The lowest BCUT2D eigenvalue weighted by Crippen LogP contribution is -2.12. The van der Waals surface area contributed by atoms with Crippen molar-refractivity contribution < 1.29 is 18.3 Å². The van der Waals surface area contributed by atoms with E-state index >= 15 is 0 Å². The number of nitrogens with zero attached hydrogens (tertiary/aromatic N) is 1. The van der Waals surface area contributed by atoms with E-state index in [4.69, 9.17) is 9.15 Å². The highest BCUT2D eigenvalue weighted by molar-refractivity contribution is 5.91. The molecule has 0 aliphatic carbocycles. The number of amides is 1. The maximum absolute atomic E-state index is 13.7. The number of hydrogen-bond donors (Lipinski definition) is 1. The number of benzene rings is 2. The van der Waals surface area contributed by atoms with Crippen molar-refractivity contribution in [3.8, 4) is 17.2 Å². The molecular weight excluding hydrogens is 347 g/mol. The molecule has 0 atom stereocenters. The van der Waals surface area contributed by atoms with Crippen LogP contribution in [0.4, 0.5) is 10.1 Å². The van der Waals surface area contributed by atoms with Crippen molar-refractivity contribution in [2.24, 2.45) is 0 Å². The third-order valence-electron chi connectivity index (χ3n) is 4.28. The fourth-order valence-electron chi connectivity index (χ4n) is 2.67. The first-order valence-corrected chi connectivity index (χ1v) is 8.63. The van der Waals surface area contributed by atoms with Gasteiger partial charge in [0.15, 0.2) is 11.6 Å². The number of aryl methyl sites for hydroxylation is 3. The normalized spacial score (nSPS) is 10.7. The molecule has 1 amide bonds. The molecular formula is C21H21FN2O3. The average molecular weight is 368 g/mol. The monoisotopic (exact) mass is 368 g/mol. The number of halogens is 1. The number of carbonyl (C=O) groups excluding carboxylic acids is 1. The van der Waals surface area contributed by atoms with E-state index in [2.05, 4.69) is 10.3 Å². The fourth-order valence-corrected chi connectivity index (χ4v) is 2.67.